The van der Waals surface area contributed by atoms with Crippen LogP contribution in [0.1, 0.15) is 40.9 Å². The number of carboxylic acids is 1. The monoisotopic (exact) mass is 265 g/mol. The number of rotatable bonds is 7. The van der Waals surface area contributed by atoms with E-state index in [0.29, 0.717) is 30.8 Å². The summed E-state index contributed by atoms with van der Waals surface area (Å²) in [6.45, 7) is 4.12. The second-order valence-corrected chi connectivity index (χ2v) is 4.46. The molecule has 0 unspecified atom stereocenters. The first-order chi connectivity index (χ1) is 8.91. The predicted octanol–water partition coefficient (Wildman–Crippen LogP) is 1.46. The summed E-state index contributed by atoms with van der Waals surface area (Å²) in [7, 11) is 0. The highest BCUT2D eigenvalue weighted by molar-refractivity contribution is 5.94. The molecule has 0 saturated heterocycles. The number of carboxylic acid groups (broad SMARTS) is 1. The number of aromatic nitrogens is 1. The number of carbonyl (C=O) groups is 2. The number of pyridine rings is 1. The topological polar surface area (TPSA) is 105 Å². The van der Waals surface area contributed by atoms with E-state index >= 15 is 0 Å². The average Bonchev–Trinajstić information content (AvgIpc) is 2.26. The molecule has 0 fully saturated rings. The van der Waals surface area contributed by atoms with E-state index in [1.165, 1.54) is 0 Å². The van der Waals surface area contributed by atoms with Gasteiger partial charge in [0.15, 0.2) is 0 Å². The van der Waals surface area contributed by atoms with Crippen LogP contribution in [0.15, 0.2) is 6.07 Å². The van der Waals surface area contributed by atoms with E-state index in [1.807, 2.05) is 6.92 Å². The number of anilines is 1. The number of carbonyl (C=O) groups excluding carboxylic acids is 1. The summed E-state index contributed by atoms with van der Waals surface area (Å²) in [6.07, 6.45) is 1.75. The molecule has 6 nitrogen and oxygen atoms in total. The number of nitrogens with two attached hydrogens (primary N) is 1. The number of nitrogens with zero attached hydrogens (tertiary/aromatic N) is 1. The first-order valence-corrected chi connectivity index (χ1v) is 6.15. The third-order valence-corrected chi connectivity index (χ3v) is 2.70. The highest BCUT2D eigenvalue weighted by Gasteiger charge is 2.15. The predicted molar refractivity (Wildman–Crippen MR) is 72.2 cm³/mol. The molecular formula is C13H19N3O3. The number of amides is 1. The molecule has 104 valence electrons. The molecular weight excluding hydrogens is 246 g/mol. The van der Waals surface area contributed by atoms with Gasteiger partial charge in [0.05, 0.1) is 0 Å². The molecule has 0 spiro atoms. The summed E-state index contributed by atoms with van der Waals surface area (Å²) >= 11 is 0. The quantitative estimate of drug-likeness (QED) is 0.647. The first kappa shape index (κ1) is 14.9. The zero-order chi connectivity index (χ0) is 14.4. The summed E-state index contributed by atoms with van der Waals surface area (Å²) in [6, 6.07) is 1.74. The lowest BCUT2D eigenvalue weighted by Crippen LogP contribution is -2.13. The normalized spacial score (nSPS) is 10.2. The lowest BCUT2D eigenvalue weighted by molar-refractivity contribution is -0.118. The average molecular weight is 265 g/mol. The zero-order valence-corrected chi connectivity index (χ0v) is 11.2. The number of aromatic carboxylic acids is 1. The van der Waals surface area contributed by atoms with Crippen LogP contribution in [-0.4, -0.2) is 28.5 Å². The van der Waals surface area contributed by atoms with E-state index in [1.54, 1.807) is 13.0 Å². The smallest absolute Gasteiger partial charge is 0.339 e. The van der Waals surface area contributed by atoms with E-state index in [4.69, 9.17) is 5.73 Å². The Bertz CT molecular complexity index is 486. The molecule has 1 aromatic heterocycles. The van der Waals surface area contributed by atoms with Crippen LogP contribution in [0, 0.1) is 13.8 Å². The first-order valence-electron chi connectivity index (χ1n) is 6.15. The molecule has 6 heteroatoms. The van der Waals surface area contributed by atoms with Gasteiger partial charge in [-0.05, 0) is 38.3 Å². The SMILES string of the molecule is Cc1cc(C)c(C(=O)O)c(NCCCCC(N)=O)n1. The van der Waals surface area contributed by atoms with Crippen molar-refractivity contribution in [3.8, 4) is 0 Å². The number of hydrogen-bond acceptors (Lipinski definition) is 4. The Kier molecular flexibility index (Phi) is 5.29. The van der Waals surface area contributed by atoms with Gasteiger partial charge in [0.25, 0.3) is 0 Å². The molecule has 1 aromatic rings. The molecule has 0 atom stereocenters. The van der Waals surface area contributed by atoms with Gasteiger partial charge in [-0.1, -0.05) is 0 Å². The fourth-order valence-electron chi connectivity index (χ4n) is 1.87. The van der Waals surface area contributed by atoms with Crippen molar-refractivity contribution in [2.75, 3.05) is 11.9 Å². The third-order valence-electron chi connectivity index (χ3n) is 2.70. The van der Waals surface area contributed by atoms with Gasteiger partial charge < -0.3 is 16.2 Å². The number of nitrogens with one attached hydrogen (secondary N) is 1. The van der Waals surface area contributed by atoms with E-state index in [-0.39, 0.29) is 11.5 Å². The van der Waals surface area contributed by atoms with Gasteiger partial charge in [-0.15, -0.1) is 0 Å². The molecule has 0 aliphatic carbocycles. The van der Waals surface area contributed by atoms with Gasteiger partial charge in [-0.2, -0.15) is 0 Å². The fraction of sp³-hybridized carbons (Fsp3) is 0.462. The Morgan fingerprint density at radius 3 is 2.63 bits per heavy atom. The largest absolute Gasteiger partial charge is 0.478 e. The van der Waals surface area contributed by atoms with Crippen LogP contribution in [0.25, 0.3) is 0 Å². The minimum atomic E-state index is -0.996. The van der Waals surface area contributed by atoms with E-state index < -0.39 is 5.97 Å². The van der Waals surface area contributed by atoms with Crippen LogP contribution in [0.3, 0.4) is 0 Å². The molecule has 0 aliphatic heterocycles. The summed E-state index contributed by atoms with van der Waals surface area (Å²) < 4.78 is 0. The molecule has 0 radical (unpaired) electrons. The molecule has 1 heterocycles. The summed E-state index contributed by atoms with van der Waals surface area (Å²) in [5.41, 5.74) is 6.68. The maximum Gasteiger partial charge on any atom is 0.339 e. The summed E-state index contributed by atoms with van der Waals surface area (Å²) in [5, 5.41) is 12.2. The second-order valence-electron chi connectivity index (χ2n) is 4.46. The van der Waals surface area contributed by atoms with Crippen molar-refractivity contribution in [1.82, 2.24) is 4.98 Å². The van der Waals surface area contributed by atoms with E-state index in [0.717, 1.165) is 12.1 Å². The molecule has 1 amide bonds. The third kappa shape index (κ3) is 4.57. The Labute approximate surface area is 112 Å². The molecule has 19 heavy (non-hydrogen) atoms. The standard InChI is InChI=1S/C13H19N3O3/c1-8-7-9(2)16-12(11(8)13(18)19)15-6-4-3-5-10(14)17/h7H,3-6H2,1-2H3,(H2,14,17)(H,15,16)(H,18,19). The van der Waals surface area contributed by atoms with Crippen molar-refractivity contribution in [1.29, 1.82) is 0 Å². The van der Waals surface area contributed by atoms with Crippen molar-refractivity contribution >= 4 is 17.7 Å². The molecule has 0 aromatic carbocycles. The number of hydrogen-bond donors (Lipinski definition) is 3. The van der Waals surface area contributed by atoms with Gasteiger partial charge in [-0.3, -0.25) is 4.79 Å². The Balaban J connectivity index is 2.67. The van der Waals surface area contributed by atoms with Gasteiger partial charge in [0, 0.05) is 18.7 Å². The van der Waals surface area contributed by atoms with Crippen LogP contribution < -0.4 is 11.1 Å². The lowest BCUT2D eigenvalue weighted by Gasteiger charge is -2.11. The van der Waals surface area contributed by atoms with Crippen LogP contribution in [0.2, 0.25) is 0 Å². The molecule has 0 saturated carbocycles. The summed E-state index contributed by atoms with van der Waals surface area (Å²) in [4.78, 5) is 26.0. The lowest BCUT2D eigenvalue weighted by atomic mass is 10.1. The van der Waals surface area contributed by atoms with Crippen molar-refractivity contribution < 1.29 is 14.7 Å². The molecule has 0 aliphatic rings. The van der Waals surface area contributed by atoms with Crippen molar-refractivity contribution in [3.63, 3.8) is 0 Å². The van der Waals surface area contributed by atoms with Gasteiger partial charge in [-0.25, -0.2) is 9.78 Å². The number of aryl methyl sites for hydroxylation is 2. The maximum absolute atomic E-state index is 11.2. The minimum Gasteiger partial charge on any atom is -0.478 e. The van der Waals surface area contributed by atoms with Gasteiger partial charge >= 0.3 is 5.97 Å². The summed E-state index contributed by atoms with van der Waals surface area (Å²) in [5.74, 6) is -0.940. The zero-order valence-electron chi connectivity index (χ0n) is 11.2. The van der Waals surface area contributed by atoms with Gasteiger partial charge in [0.2, 0.25) is 5.91 Å². The van der Waals surface area contributed by atoms with Crippen LogP contribution in [0.4, 0.5) is 5.82 Å². The highest BCUT2D eigenvalue weighted by Crippen LogP contribution is 2.18. The Morgan fingerprint density at radius 1 is 1.37 bits per heavy atom. The van der Waals surface area contributed by atoms with Crippen LogP contribution >= 0.6 is 0 Å². The maximum atomic E-state index is 11.2. The van der Waals surface area contributed by atoms with Crippen molar-refractivity contribution in [2.24, 2.45) is 5.73 Å². The number of primary amides is 1. The van der Waals surface area contributed by atoms with E-state index in [2.05, 4.69) is 10.3 Å². The Morgan fingerprint density at radius 2 is 2.05 bits per heavy atom. The Hall–Kier alpha value is -2.11. The highest BCUT2D eigenvalue weighted by atomic mass is 16.4. The van der Waals surface area contributed by atoms with Gasteiger partial charge in [0.1, 0.15) is 11.4 Å². The van der Waals surface area contributed by atoms with Crippen LogP contribution in [-0.2, 0) is 4.79 Å². The minimum absolute atomic E-state index is 0.195. The van der Waals surface area contributed by atoms with Crippen LogP contribution in [0.5, 0.6) is 0 Å². The molecule has 4 N–H and O–H groups in total. The molecule has 1 rings (SSSR count). The molecule has 0 bridgehead atoms. The van der Waals surface area contributed by atoms with E-state index in [9.17, 15) is 14.7 Å². The second kappa shape index (κ2) is 6.72. The fourth-order valence-corrected chi connectivity index (χ4v) is 1.87. The van der Waals surface area contributed by atoms with Crippen molar-refractivity contribution in [3.05, 3.63) is 22.9 Å². The van der Waals surface area contributed by atoms with Crippen molar-refractivity contribution in [2.45, 2.75) is 33.1 Å². The number of unbranched alkanes of at least 4 members (excludes halogenated alkanes) is 1.